The number of aryl methyl sites for hydroxylation is 2. The van der Waals surface area contributed by atoms with Gasteiger partial charge in [0.25, 0.3) is 0 Å². The molecule has 1 aliphatic heterocycles. The number of rotatable bonds is 8. The maximum absolute atomic E-state index is 10.2. The molecular weight excluding hydrogens is 392 g/mol. The maximum atomic E-state index is 10.2. The molecule has 0 aromatic heterocycles. The van der Waals surface area contributed by atoms with Crippen LogP contribution in [0.15, 0.2) is 42.5 Å². The van der Waals surface area contributed by atoms with Gasteiger partial charge in [0.1, 0.15) is 30.2 Å². The van der Waals surface area contributed by atoms with E-state index in [1.165, 1.54) is 7.11 Å². The first-order valence-corrected chi connectivity index (χ1v) is 9.73. The standard InChI is InChI=1S/C22H28O8/c1-27-15-5-3-4-13(10-15)6-7-14-8-9-16(17(11-14)28-2)29-22-21(26)20(25)19(24)18(12-23)30-22/h3-5,8-11,18-26H,6-7,12H2,1-2H3/t18-,19-,20+,21-,22-/m1/s1. The summed E-state index contributed by atoms with van der Waals surface area (Å²) >= 11 is 0. The third kappa shape index (κ3) is 5.03. The normalized spacial score (nSPS) is 26.3. The van der Waals surface area contributed by atoms with Crippen molar-refractivity contribution in [1.29, 1.82) is 0 Å². The molecule has 0 aliphatic carbocycles. The Balaban J connectivity index is 1.69. The Labute approximate surface area is 175 Å². The summed E-state index contributed by atoms with van der Waals surface area (Å²) in [6.07, 6.45) is -5.16. The number of benzene rings is 2. The predicted molar refractivity (Wildman–Crippen MR) is 108 cm³/mol. The molecule has 0 amide bonds. The summed E-state index contributed by atoms with van der Waals surface area (Å²) in [6, 6.07) is 13.3. The van der Waals surface area contributed by atoms with Crippen LogP contribution in [0, 0.1) is 0 Å². The Hall–Kier alpha value is -2.36. The smallest absolute Gasteiger partial charge is 0.229 e. The van der Waals surface area contributed by atoms with Gasteiger partial charge in [-0.25, -0.2) is 0 Å². The van der Waals surface area contributed by atoms with Crippen molar-refractivity contribution in [2.24, 2.45) is 0 Å². The predicted octanol–water partition coefficient (Wildman–Crippen LogP) is 0.668. The molecule has 0 radical (unpaired) electrons. The fourth-order valence-electron chi connectivity index (χ4n) is 3.37. The zero-order valence-electron chi connectivity index (χ0n) is 17.0. The number of aliphatic hydroxyl groups excluding tert-OH is 4. The first kappa shape index (κ1) is 22.3. The van der Waals surface area contributed by atoms with Crippen LogP contribution in [0.1, 0.15) is 11.1 Å². The van der Waals surface area contributed by atoms with E-state index in [-0.39, 0.29) is 0 Å². The molecule has 1 saturated heterocycles. The van der Waals surface area contributed by atoms with Crippen LogP contribution in [0.2, 0.25) is 0 Å². The van der Waals surface area contributed by atoms with E-state index in [2.05, 4.69) is 0 Å². The fraction of sp³-hybridized carbons (Fsp3) is 0.455. The fourth-order valence-corrected chi connectivity index (χ4v) is 3.37. The van der Waals surface area contributed by atoms with E-state index < -0.39 is 37.3 Å². The van der Waals surface area contributed by atoms with Gasteiger partial charge in [0.05, 0.1) is 20.8 Å². The molecule has 4 N–H and O–H groups in total. The lowest BCUT2D eigenvalue weighted by Gasteiger charge is -2.39. The van der Waals surface area contributed by atoms with Crippen molar-refractivity contribution in [3.8, 4) is 17.2 Å². The summed E-state index contributed by atoms with van der Waals surface area (Å²) in [7, 11) is 3.14. The van der Waals surface area contributed by atoms with Gasteiger partial charge in [0.15, 0.2) is 11.5 Å². The van der Waals surface area contributed by atoms with Gasteiger partial charge in [0, 0.05) is 0 Å². The van der Waals surface area contributed by atoms with E-state index in [9.17, 15) is 20.4 Å². The maximum Gasteiger partial charge on any atom is 0.229 e. The molecule has 1 fully saturated rings. The van der Waals surface area contributed by atoms with Gasteiger partial charge in [-0.2, -0.15) is 0 Å². The van der Waals surface area contributed by atoms with E-state index in [4.69, 9.17) is 18.9 Å². The summed E-state index contributed by atoms with van der Waals surface area (Å²) in [4.78, 5) is 0. The molecule has 0 unspecified atom stereocenters. The highest BCUT2D eigenvalue weighted by atomic mass is 16.7. The van der Waals surface area contributed by atoms with Crippen molar-refractivity contribution in [1.82, 2.24) is 0 Å². The molecule has 8 heteroatoms. The molecule has 2 aromatic rings. The second-order valence-corrected chi connectivity index (χ2v) is 7.15. The summed E-state index contributed by atoms with van der Waals surface area (Å²) in [5.74, 6) is 1.57. The van der Waals surface area contributed by atoms with Crippen molar-refractivity contribution in [2.75, 3.05) is 20.8 Å². The Morgan fingerprint density at radius 2 is 1.57 bits per heavy atom. The van der Waals surface area contributed by atoms with Gasteiger partial charge in [-0.15, -0.1) is 0 Å². The van der Waals surface area contributed by atoms with Gasteiger partial charge >= 0.3 is 0 Å². The van der Waals surface area contributed by atoms with E-state index >= 15 is 0 Å². The van der Waals surface area contributed by atoms with Crippen LogP contribution in [-0.4, -0.2) is 72.0 Å². The molecule has 2 aromatic carbocycles. The Morgan fingerprint density at radius 1 is 0.833 bits per heavy atom. The van der Waals surface area contributed by atoms with Crippen LogP contribution in [0.4, 0.5) is 0 Å². The first-order chi connectivity index (χ1) is 14.5. The van der Waals surface area contributed by atoms with Gasteiger partial charge in [-0.1, -0.05) is 18.2 Å². The molecule has 30 heavy (non-hydrogen) atoms. The lowest BCUT2D eigenvalue weighted by atomic mass is 9.99. The van der Waals surface area contributed by atoms with Crippen LogP contribution in [-0.2, 0) is 17.6 Å². The van der Waals surface area contributed by atoms with Crippen LogP contribution in [0.5, 0.6) is 17.2 Å². The highest BCUT2D eigenvalue weighted by Gasteiger charge is 2.44. The molecule has 0 spiro atoms. The zero-order valence-corrected chi connectivity index (χ0v) is 17.0. The number of hydrogen-bond donors (Lipinski definition) is 4. The van der Waals surface area contributed by atoms with Crippen molar-refractivity contribution < 1.29 is 39.4 Å². The first-order valence-electron chi connectivity index (χ1n) is 9.73. The van der Waals surface area contributed by atoms with Gasteiger partial charge in [-0.05, 0) is 48.2 Å². The van der Waals surface area contributed by atoms with Crippen LogP contribution < -0.4 is 14.2 Å². The Morgan fingerprint density at radius 3 is 2.23 bits per heavy atom. The summed E-state index contributed by atoms with van der Waals surface area (Å²) in [5, 5.41) is 39.3. The van der Waals surface area contributed by atoms with Gasteiger partial charge < -0.3 is 39.4 Å². The van der Waals surface area contributed by atoms with E-state index in [0.717, 1.165) is 29.7 Å². The van der Waals surface area contributed by atoms with Crippen LogP contribution in [0.25, 0.3) is 0 Å². The second-order valence-electron chi connectivity index (χ2n) is 7.15. The molecule has 0 bridgehead atoms. The Kier molecular flexibility index (Phi) is 7.52. The molecular formula is C22H28O8. The topological polar surface area (TPSA) is 118 Å². The average Bonchev–Trinajstić information content (AvgIpc) is 2.78. The number of ether oxygens (including phenoxy) is 4. The molecule has 5 atom stereocenters. The molecule has 164 valence electrons. The zero-order chi connectivity index (χ0) is 21.7. The third-order valence-corrected chi connectivity index (χ3v) is 5.16. The molecule has 0 saturated carbocycles. The van der Waals surface area contributed by atoms with Crippen molar-refractivity contribution in [2.45, 2.75) is 43.5 Å². The van der Waals surface area contributed by atoms with Crippen LogP contribution >= 0.6 is 0 Å². The minimum absolute atomic E-state index is 0.312. The molecule has 8 nitrogen and oxygen atoms in total. The largest absolute Gasteiger partial charge is 0.497 e. The van der Waals surface area contributed by atoms with E-state index in [1.54, 1.807) is 13.2 Å². The van der Waals surface area contributed by atoms with Crippen LogP contribution in [0.3, 0.4) is 0 Å². The highest BCUT2D eigenvalue weighted by molar-refractivity contribution is 5.43. The summed E-state index contributed by atoms with van der Waals surface area (Å²) in [6.45, 7) is -0.523. The monoisotopic (exact) mass is 420 g/mol. The average molecular weight is 420 g/mol. The minimum atomic E-state index is -1.51. The summed E-state index contributed by atoms with van der Waals surface area (Å²) in [5.41, 5.74) is 2.17. The lowest BCUT2D eigenvalue weighted by molar-refractivity contribution is -0.277. The van der Waals surface area contributed by atoms with Gasteiger partial charge in [0.2, 0.25) is 6.29 Å². The van der Waals surface area contributed by atoms with Crippen molar-refractivity contribution in [3.05, 3.63) is 53.6 Å². The third-order valence-electron chi connectivity index (χ3n) is 5.16. The molecule has 1 aliphatic rings. The highest BCUT2D eigenvalue weighted by Crippen LogP contribution is 2.32. The van der Waals surface area contributed by atoms with E-state index in [1.807, 2.05) is 36.4 Å². The second kappa shape index (κ2) is 10.1. The molecule has 3 rings (SSSR count). The summed E-state index contributed by atoms with van der Waals surface area (Å²) < 4.78 is 21.7. The number of aliphatic hydroxyl groups is 4. The number of hydrogen-bond acceptors (Lipinski definition) is 8. The Bertz CT molecular complexity index is 825. The SMILES string of the molecule is COc1cccc(CCc2ccc(O[C@@H]3O[C@H](CO)[C@@H](O)[C@H](O)[C@H]3O)c(OC)c2)c1. The van der Waals surface area contributed by atoms with E-state index in [0.29, 0.717) is 11.5 Å². The lowest BCUT2D eigenvalue weighted by Crippen LogP contribution is -2.60. The molecule has 1 heterocycles. The number of methoxy groups -OCH3 is 2. The van der Waals surface area contributed by atoms with Gasteiger partial charge in [-0.3, -0.25) is 0 Å². The van der Waals surface area contributed by atoms with Crippen molar-refractivity contribution >= 4 is 0 Å². The quantitative estimate of drug-likeness (QED) is 0.492. The minimum Gasteiger partial charge on any atom is -0.497 e. The van der Waals surface area contributed by atoms with Crippen molar-refractivity contribution in [3.63, 3.8) is 0 Å².